The lowest BCUT2D eigenvalue weighted by atomic mass is 10.1. The molecule has 2 aliphatic heterocycles. The number of rotatable bonds is 8. The van der Waals surface area contributed by atoms with Crippen molar-refractivity contribution in [2.75, 3.05) is 57.5 Å². The number of piperidine rings is 1. The fraction of sp³-hybridized carbons (Fsp3) is 0.458. The van der Waals surface area contributed by atoms with Crippen LogP contribution in [0.2, 0.25) is 0 Å². The molecule has 0 radical (unpaired) electrons. The van der Waals surface area contributed by atoms with Gasteiger partial charge >= 0.3 is 5.97 Å². The number of esters is 1. The minimum atomic E-state index is -3.77. The van der Waals surface area contributed by atoms with Crippen LogP contribution in [0.25, 0.3) is 0 Å². The molecular formula is C24H29FN2O6S. The number of sulfonamides is 1. The van der Waals surface area contributed by atoms with Gasteiger partial charge in [-0.3, -0.25) is 0 Å². The fourth-order valence-electron chi connectivity index (χ4n) is 4.11. The predicted molar refractivity (Wildman–Crippen MR) is 124 cm³/mol. The Morgan fingerprint density at radius 3 is 2.44 bits per heavy atom. The van der Waals surface area contributed by atoms with E-state index in [0.717, 1.165) is 32.4 Å². The summed E-state index contributed by atoms with van der Waals surface area (Å²) in [5.41, 5.74) is 0.850. The van der Waals surface area contributed by atoms with Gasteiger partial charge in [-0.2, -0.15) is 4.31 Å². The normalized spacial score (nSPS) is 17.4. The molecule has 2 heterocycles. The molecule has 4 rings (SSSR count). The van der Waals surface area contributed by atoms with Gasteiger partial charge in [0.1, 0.15) is 13.2 Å². The molecule has 34 heavy (non-hydrogen) atoms. The molecular weight excluding hydrogens is 463 g/mol. The van der Waals surface area contributed by atoms with Gasteiger partial charge < -0.3 is 19.1 Å². The number of hydrogen-bond donors (Lipinski definition) is 0. The number of nitrogens with zero attached hydrogens (tertiary/aromatic N) is 2. The third-order valence-corrected chi connectivity index (χ3v) is 7.80. The first kappa shape index (κ1) is 24.4. The predicted octanol–water partition coefficient (Wildman–Crippen LogP) is 3.07. The van der Waals surface area contributed by atoms with Crippen molar-refractivity contribution in [3.05, 3.63) is 53.8 Å². The highest BCUT2D eigenvalue weighted by Crippen LogP contribution is 2.29. The van der Waals surface area contributed by atoms with E-state index < -0.39 is 21.8 Å². The van der Waals surface area contributed by atoms with Gasteiger partial charge in [0.2, 0.25) is 10.0 Å². The quantitative estimate of drug-likeness (QED) is 0.414. The Morgan fingerprint density at radius 2 is 1.71 bits per heavy atom. The smallest absolute Gasteiger partial charge is 0.340 e. The van der Waals surface area contributed by atoms with Gasteiger partial charge in [-0.15, -0.1) is 0 Å². The van der Waals surface area contributed by atoms with Crippen molar-refractivity contribution in [1.29, 1.82) is 0 Å². The minimum absolute atomic E-state index is 0.0303. The summed E-state index contributed by atoms with van der Waals surface area (Å²) in [4.78, 5) is 15.2. The summed E-state index contributed by atoms with van der Waals surface area (Å²) in [6.45, 7) is 2.64. The molecule has 0 aliphatic carbocycles. The molecule has 2 saturated heterocycles. The van der Waals surface area contributed by atoms with Crippen LogP contribution < -0.4 is 9.64 Å². The first-order valence-electron chi connectivity index (χ1n) is 11.5. The van der Waals surface area contributed by atoms with E-state index in [-0.39, 0.29) is 42.5 Å². The number of morpholine rings is 1. The van der Waals surface area contributed by atoms with Gasteiger partial charge in [0.25, 0.3) is 0 Å². The molecule has 0 unspecified atom stereocenters. The molecule has 0 aromatic heterocycles. The Bertz CT molecular complexity index is 1100. The lowest BCUT2D eigenvalue weighted by molar-refractivity contribution is 0.0448. The maximum absolute atomic E-state index is 13.7. The SMILES string of the molecule is O=C(OCCOc1ccccc1F)c1cc(S(=O)(=O)N2CCOCC2)ccc1N1CCCCC1. The average Bonchev–Trinajstić information content (AvgIpc) is 2.88. The highest BCUT2D eigenvalue weighted by molar-refractivity contribution is 7.89. The molecule has 2 aliphatic rings. The summed E-state index contributed by atoms with van der Waals surface area (Å²) in [6, 6.07) is 10.6. The highest BCUT2D eigenvalue weighted by Gasteiger charge is 2.29. The van der Waals surface area contributed by atoms with E-state index in [9.17, 15) is 17.6 Å². The van der Waals surface area contributed by atoms with Crippen LogP contribution >= 0.6 is 0 Å². The van der Waals surface area contributed by atoms with Crippen LogP contribution in [0.4, 0.5) is 10.1 Å². The topological polar surface area (TPSA) is 85.4 Å². The largest absolute Gasteiger partial charge is 0.487 e. The molecule has 2 aromatic carbocycles. The number of anilines is 1. The maximum Gasteiger partial charge on any atom is 0.340 e. The number of benzene rings is 2. The van der Waals surface area contributed by atoms with E-state index in [1.165, 1.54) is 22.5 Å². The van der Waals surface area contributed by atoms with E-state index in [4.69, 9.17) is 14.2 Å². The fourth-order valence-corrected chi connectivity index (χ4v) is 5.55. The van der Waals surface area contributed by atoms with Crippen LogP contribution in [0.5, 0.6) is 5.75 Å². The van der Waals surface area contributed by atoms with Gasteiger partial charge in [-0.25, -0.2) is 17.6 Å². The van der Waals surface area contributed by atoms with Crippen LogP contribution in [0, 0.1) is 5.82 Å². The summed E-state index contributed by atoms with van der Waals surface area (Å²) in [5, 5.41) is 0. The zero-order chi connectivity index (χ0) is 24.0. The minimum Gasteiger partial charge on any atom is -0.487 e. The average molecular weight is 493 g/mol. The van der Waals surface area contributed by atoms with Crippen molar-refractivity contribution in [3.63, 3.8) is 0 Å². The standard InChI is InChI=1S/C24H29FN2O6S/c25-21-6-2-3-7-23(21)32-16-17-33-24(28)20-18-19(34(29,30)27-12-14-31-15-13-27)8-9-22(20)26-10-4-1-5-11-26/h2-3,6-9,18H,1,4-5,10-17H2. The first-order valence-corrected chi connectivity index (χ1v) is 12.9. The summed E-state index contributed by atoms with van der Waals surface area (Å²) in [6.07, 6.45) is 3.12. The summed E-state index contributed by atoms with van der Waals surface area (Å²) < 4.78 is 57.4. The summed E-state index contributed by atoms with van der Waals surface area (Å²) in [5.74, 6) is -1.06. The van der Waals surface area contributed by atoms with Crippen LogP contribution in [0.15, 0.2) is 47.4 Å². The van der Waals surface area contributed by atoms with E-state index in [2.05, 4.69) is 4.90 Å². The first-order chi connectivity index (χ1) is 16.5. The molecule has 0 N–H and O–H groups in total. The summed E-state index contributed by atoms with van der Waals surface area (Å²) >= 11 is 0. The zero-order valence-electron chi connectivity index (χ0n) is 18.9. The van der Waals surface area contributed by atoms with E-state index in [1.54, 1.807) is 24.3 Å². The zero-order valence-corrected chi connectivity index (χ0v) is 19.8. The number of halogens is 1. The number of carbonyl (C=O) groups excluding carboxylic acids is 1. The number of ether oxygens (including phenoxy) is 3. The molecule has 0 spiro atoms. The van der Waals surface area contributed by atoms with Crippen molar-refractivity contribution < 1.29 is 31.8 Å². The van der Waals surface area contributed by atoms with E-state index >= 15 is 0 Å². The number of para-hydroxylation sites is 1. The molecule has 0 atom stereocenters. The van der Waals surface area contributed by atoms with Crippen LogP contribution in [0.3, 0.4) is 0 Å². The Labute approximate surface area is 199 Å². The van der Waals surface area contributed by atoms with Crippen LogP contribution in [0.1, 0.15) is 29.6 Å². The van der Waals surface area contributed by atoms with Crippen LogP contribution in [-0.4, -0.2) is 71.3 Å². The maximum atomic E-state index is 13.7. The van der Waals surface area contributed by atoms with Gasteiger partial charge in [0, 0.05) is 26.2 Å². The third kappa shape index (κ3) is 5.68. The molecule has 0 bridgehead atoms. The summed E-state index contributed by atoms with van der Waals surface area (Å²) in [7, 11) is -3.77. The Balaban J connectivity index is 1.51. The van der Waals surface area contributed by atoms with Gasteiger partial charge in [-0.05, 0) is 49.6 Å². The molecule has 0 amide bonds. The molecule has 8 nitrogen and oxygen atoms in total. The monoisotopic (exact) mass is 492 g/mol. The second kappa shape index (κ2) is 11.2. The van der Waals surface area contributed by atoms with Gasteiger partial charge in [0.15, 0.2) is 11.6 Å². The van der Waals surface area contributed by atoms with Crippen molar-refractivity contribution in [2.45, 2.75) is 24.2 Å². The van der Waals surface area contributed by atoms with Gasteiger partial charge in [0.05, 0.1) is 29.4 Å². The Kier molecular flexibility index (Phi) is 8.02. The molecule has 2 fully saturated rings. The third-order valence-electron chi connectivity index (χ3n) is 5.90. The lowest BCUT2D eigenvalue weighted by Gasteiger charge is -2.31. The second-order valence-corrected chi connectivity index (χ2v) is 10.1. The number of hydrogen-bond acceptors (Lipinski definition) is 7. The molecule has 184 valence electrons. The van der Waals surface area contributed by atoms with Crippen molar-refractivity contribution in [2.24, 2.45) is 0 Å². The van der Waals surface area contributed by atoms with Gasteiger partial charge in [-0.1, -0.05) is 12.1 Å². The van der Waals surface area contributed by atoms with E-state index in [1.807, 2.05) is 0 Å². The highest BCUT2D eigenvalue weighted by atomic mass is 32.2. The van der Waals surface area contributed by atoms with Crippen LogP contribution in [-0.2, 0) is 19.5 Å². The number of carbonyl (C=O) groups is 1. The molecule has 10 heteroatoms. The van der Waals surface area contributed by atoms with Crippen molar-refractivity contribution in [1.82, 2.24) is 4.31 Å². The van der Waals surface area contributed by atoms with Crippen molar-refractivity contribution in [3.8, 4) is 5.75 Å². The van der Waals surface area contributed by atoms with Crippen molar-refractivity contribution >= 4 is 21.7 Å². The molecule has 0 saturated carbocycles. The lowest BCUT2D eigenvalue weighted by Crippen LogP contribution is -2.40. The van der Waals surface area contributed by atoms with E-state index in [0.29, 0.717) is 18.9 Å². The Morgan fingerprint density at radius 1 is 0.971 bits per heavy atom. The second-order valence-electron chi connectivity index (χ2n) is 8.16. The molecule has 2 aromatic rings. The Hall–Kier alpha value is -2.69.